The summed E-state index contributed by atoms with van der Waals surface area (Å²) in [6, 6.07) is 4.06. The summed E-state index contributed by atoms with van der Waals surface area (Å²) in [7, 11) is 0. The fourth-order valence-corrected chi connectivity index (χ4v) is 5.40. The fourth-order valence-electron chi connectivity index (χ4n) is 4.78. The molecule has 3 amide bonds. The van der Waals surface area contributed by atoms with Gasteiger partial charge in [0.15, 0.2) is 0 Å². The molecule has 1 saturated carbocycles. The van der Waals surface area contributed by atoms with Gasteiger partial charge in [0.2, 0.25) is 17.7 Å². The second-order valence-electron chi connectivity index (χ2n) is 7.64. The molecule has 2 fully saturated rings. The van der Waals surface area contributed by atoms with Gasteiger partial charge in [-0.15, -0.1) is 0 Å². The van der Waals surface area contributed by atoms with Crippen LogP contribution in [0.4, 0.5) is 5.69 Å². The van der Waals surface area contributed by atoms with Crippen molar-refractivity contribution in [2.45, 2.75) is 45.4 Å². The van der Waals surface area contributed by atoms with E-state index in [9.17, 15) is 14.4 Å². The van der Waals surface area contributed by atoms with Crippen LogP contribution < -0.4 is 4.90 Å². The Morgan fingerprint density at radius 2 is 1.77 bits per heavy atom. The number of likely N-dealkylation sites (tertiary alicyclic amines) is 1. The molecule has 2 heterocycles. The Balaban J connectivity index is 1.57. The average Bonchev–Trinajstić information content (AvgIpc) is 2.86. The van der Waals surface area contributed by atoms with Gasteiger partial charge in [-0.05, 0) is 55.9 Å². The lowest BCUT2D eigenvalue weighted by Gasteiger charge is -2.32. The van der Waals surface area contributed by atoms with E-state index in [-0.39, 0.29) is 36.1 Å². The molecular weight excluding hydrogens is 396 g/mol. The summed E-state index contributed by atoms with van der Waals surface area (Å²) in [5.41, 5.74) is 3.13. The molecule has 2 unspecified atom stereocenters. The minimum absolute atomic E-state index is 0.125. The number of rotatable bonds is 2. The molecule has 0 aromatic heterocycles. The lowest BCUT2D eigenvalue weighted by atomic mass is 9.81. The Hall–Kier alpha value is -1.69. The van der Waals surface area contributed by atoms with Crippen molar-refractivity contribution >= 4 is 39.3 Å². The second-order valence-corrected chi connectivity index (χ2v) is 8.56. The van der Waals surface area contributed by atoms with Gasteiger partial charge in [0.1, 0.15) is 6.54 Å². The van der Waals surface area contributed by atoms with Crippen LogP contribution in [0.25, 0.3) is 0 Å². The van der Waals surface area contributed by atoms with Crippen LogP contribution in [0.15, 0.2) is 16.6 Å². The van der Waals surface area contributed by atoms with Crippen LogP contribution in [-0.2, 0) is 20.8 Å². The highest BCUT2D eigenvalue weighted by molar-refractivity contribution is 9.10. The zero-order valence-electron chi connectivity index (χ0n) is 15.0. The maximum Gasteiger partial charge on any atom is 0.247 e. The van der Waals surface area contributed by atoms with Crippen molar-refractivity contribution in [1.29, 1.82) is 0 Å². The number of nitrogens with zero attached hydrogens (tertiary/aromatic N) is 2. The molecule has 0 spiro atoms. The summed E-state index contributed by atoms with van der Waals surface area (Å²) < 4.78 is 1.01. The van der Waals surface area contributed by atoms with E-state index >= 15 is 0 Å². The van der Waals surface area contributed by atoms with E-state index in [0.717, 1.165) is 59.8 Å². The van der Waals surface area contributed by atoms with Gasteiger partial charge in [0.25, 0.3) is 0 Å². The van der Waals surface area contributed by atoms with Crippen molar-refractivity contribution in [3.63, 3.8) is 0 Å². The topological polar surface area (TPSA) is 57.7 Å². The number of carbonyl (C=O) groups is 3. The van der Waals surface area contributed by atoms with Gasteiger partial charge in [-0.1, -0.05) is 28.8 Å². The molecular formula is C20H23BrN2O3. The number of amides is 3. The quantitative estimate of drug-likeness (QED) is 0.692. The molecule has 2 aliphatic heterocycles. The first-order chi connectivity index (χ1) is 12.5. The summed E-state index contributed by atoms with van der Waals surface area (Å²) >= 11 is 3.52. The van der Waals surface area contributed by atoms with E-state index in [1.54, 1.807) is 4.90 Å². The summed E-state index contributed by atoms with van der Waals surface area (Å²) in [6.07, 6.45) is 5.37. The Morgan fingerprint density at radius 3 is 2.42 bits per heavy atom. The molecule has 5 nitrogen and oxygen atoms in total. The third-order valence-corrected chi connectivity index (χ3v) is 6.43. The number of imide groups is 1. The number of aryl methyl sites for hydroxylation is 2. The van der Waals surface area contributed by atoms with Crippen LogP contribution in [0, 0.1) is 18.8 Å². The van der Waals surface area contributed by atoms with E-state index in [0.29, 0.717) is 6.54 Å². The molecule has 1 aromatic rings. The van der Waals surface area contributed by atoms with Gasteiger partial charge in [-0.25, -0.2) is 0 Å². The van der Waals surface area contributed by atoms with Crippen LogP contribution in [-0.4, -0.2) is 35.7 Å². The zero-order chi connectivity index (χ0) is 18.4. The van der Waals surface area contributed by atoms with E-state index in [4.69, 9.17) is 0 Å². The van der Waals surface area contributed by atoms with Gasteiger partial charge < -0.3 is 4.90 Å². The zero-order valence-corrected chi connectivity index (χ0v) is 16.5. The first-order valence-electron chi connectivity index (χ1n) is 9.42. The Labute approximate surface area is 161 Å². The first-order valence-corrected chi connectivity index (χ1v) is 10.2. The third kappa shape index (κ3) is 2.88. The minimum Gasteiger partial charge on any atom is -0.310 e. The lowest BCUT2D eigenvalue weighted by molar-refractivity contribution is -0.143. The molecule has 26 heavy (non-hydrogen) atoms. The Kier molecular flexibility index (Phi) is 4.63. The predicted molar refractivity (Wildman–Crippen MR) is 102 cm³/mol. The predicted octanol–water partition coefficient (Wildman–Crippen LogP) is 3.21. The number of halogens is 1. The van der Waals surface area contributed by atoms with Crippen molar-refractivity contribution in [3.8, 4) is 0 Å². The molecule has 3 aliphatic rings. The Bertz CT molecular complexity index is 768. The normalized spacial score (nSPS) is 25.3. The number of hydrogen-bond donors (Lipinski definition) is 0. The van der Waals surface area contributed by atoms with Gasteiger partial charge in [-0.2, -0.15) is 0 Å². The highest BCUT2D eigenvalue weighted by Gasteiger charge is 2.48. The summed E-state index contributed by atoms with van der Waals surface area (Å²) in [5, 5.41) is 0. The highest BCUT2D eigenvalue weighted by atomic mass is 79.9. The molecule has 4 rings (SSSR count). The lowest BCUT2D eigenvalue weighted by Crippen LogP contribution is -2.45. The molecule has 138 valence electrons. The van der Waals surface area contributed by atoms with Crippen LogP contribution in [0.3, 0.4) is 0 Å². The Morgan fingerprint density at radius 1 is 1.12 bits per heavy atom. The van der Waals surface area contributed by atoms with Gasteiger partial charge >= 0.3 is 0 Å². The van der Waals surface area contributed by atoms with Crippen molar-refractivity contribution < 1.29 is 14.4 Å². The van der Waals surface area contributed by atoms with Crippen LogP contribution in [0.2, 0.25) is 0 Å². The second kappa shape index (κ2) is 6.80. The van der Waals surface area contributed by atoms with E-state index < -0.39 is 0 Å². The molecule has 6 heteroatoms. The standard InChI is InChI=1S/C20H23BrN2O3/c1-12-9-14(21)10-13-5-4-8-22(18(12)13)17(24)11-23-19(25)15-6-2-3-7-16(15)20(23)26/h9-10,15-16H,2-8,11H2,1H3. The molecule has 1 aromatic carbocycles. The third-order valence-electron chi connectivity index (χ3n) is 5.97. The van der Waals surface area contributed by atoms with Crippen LogP contribution >= 0.6 is 15.9 Å². The fraction of sp³-hybridized carbons (Fsp3) is 0.550. The van der Waals surface area contributed by atoms with Crippen LogP contribution in [0.1, 0.15) is 43.2 Å². The summed E-state index contributed by atoms with van der Waals surface area (Å²) in [5.74, 6) is -0.835. The van der Waals surface area contributed by atoms with E-state index in [1.807, 2.05) is 13.0 Å². The monoisotopic (exact) mass is 418 g/mol. The smallest absolute Gasteiger partial charge is 0.247 e. The average molecular weight is 419 g/mol. The largest absolute Gasteiger partial charge is 0.310 e. The minimum atomic E-state index is -0.199. The van der Waals surface area contributed by atoms with Gasteiger partial charge in [0.05, 0.1) is 11.8 Å². The molecule has 0 N–H and O–H groups in total. The van der Waals surface area contributed by atoms with Gasteiger partial charge in [0, 0.05) is 16.7 Å². The summed E-state index contributed by atoms with van der Waals surface area (Å²) in [6.45, 7) is 2.51. The molecule has 0 radical (unpaired) electrons. The van der Waals surface area contributed by atoms with E-state index in [2.05, 4.69) is 22.0 Å². The number of benzene rings is 1. The maximum atomic E-state index is 13.0. The van der Waals surface area contributed by atoms with Crippen molar-refractivity contribution in [2.24, 2.45) is 11.8 Å². The van der Waals surface area contributed by atoms with Crippen molar-refractivity contribution in [2.75, 3.05) is 18.0 Å². The number of anilines is 1. The van der Waals surface area contributed by atoms with Crippen molar-refractivity contribution in [3.05, 3.63) is 27.7 Å². The van der Waals surface area contributed by atoms with Crippen molar-refractivity contribution in [1.82, 2.24) is 4.90 Å². The summed E-state index contributed by atoms with van der Waals surface area (Å²) in [4.78, 5) is 41.3. The first kappa shape index (κ1) is 17.7. The van der Waals surface area contributed by atoms with E-state index in [1.165, 1.54) is 4.90 Å². The highest BCUT2D eigenvalue weighted by Crippen LogP contribution is 2.38. The van der Waals surface area contributed by atoms with Crippen LogP contribution in [0.5, 0.6) is 0 Å². The SMILES string of the molecule is Cc1cc(Br)cc2c1N(C(=O)CN1C(=O)C3CCCCC3C1=O)CCC2. The number of carbonyl (C=O) groups excluding carboxylic acids is 3. The maximum absolute atomic E-state index is 13.0. The van der Waals surface area contributed by atoms with Gasteiger partial charge in [-0.3, -0.25) is 19.3 Å². The number of hydrogen-bond acceptors (Lipinski definition) is 3. The number of fused-ring (bicyclic) bond motifs is 2. The molecule has 0 bridgehead atoms. The molecule has 1 aliphatic carbocycles. The molecule has 1 saturated heterocycles. The molecule has 2 atom stereocenters.